The fourth-order valence-corrected chi connectivity index (χ4v) is 3.61. The first-order valence-corrected chi connectivity index (χ1v) is 8.80. The lowest BCUT2D eigenvalue weighted by atomic mass is 10.0. The van der Waals surface area contributed by atoms with Gasteiger partial charge in [-0.05, 0) is 30.5 Å². The Hall–Kier alpha value is -2.07. The highest BCUT2D eigenvalue weighted by molar-refractivity contribution is 5.77. The van der Waals surface area contributed by atoms with Crippen molar-refractivity contribution in [2.45, 2.75) is 44.2 Å². The second kappa shape index (κ2) is 7.67. The molecular weight excluding hydrogens is 300 g/mol. The van der Waals surface area contributed by atoms with Gasteiger partial charge in [0.2, 0.25) is 5.91 Å². The number of hydrogen-bond acceptors (Lipinski definition) is 2. The number of aliphatic hydroxyl groups is 1. The van der Waals surface area contributed by atoms with Gasteiger partial charge in [0.1, 0.15) is 0 Å². The zero-order valence-corrected chi connectivity index (χ0v) is 14.3. The van der Waals surface area contributed by atoms with Gasteiger partial charge in [0.05, 0.1) is 18.6 Å². The molecule has 0 bridgehead atoms. The molecule has 4 heteroatoms. The fourth-order valence-electron chi connectivity index (χ4n) is 3.61. The van der Waals surface area contributed by atoms with Crippen LogP contribution in [-0.2, 0) is 11.8 Å². The zero-order valence-electron chi connectivity index (χ0n) is 14.3. The number of rotatable bonds is 4. The maximum atomic E-state index is 12.9. The van der Waals surface area contributed by atoms with E-state index in [2.05, 4.69) is 10.6 Å². The van der Waals surface area contributed by atoms with E-state index in [1.807, 2.05) is 54.5 Å². The van der Waals surface area contributed by atoms with Crippen LogP contribution in [0.2, 0.25) is 0 Å². The second-order valence-corrected chi connectivity index (χ2v) is 6.63. The minimum absolute atomic E-state index is 0.0412. The third-order valence-corrected chi connectivity index (χ3v) is 4.95. The standard InChI is InChI=1S/C20H26N2O2/c1-21-13-8-12-17(21)18-11-6-3-7-14-22(18)20(24)15-19(23)16-9-4-2-5-10-16/h2,4-5,8-10,12-13,18-19,23H,3,6-7,11,14-15H2,1H3. The van der Waals surface area contributed by atoms with Crippen molar-refractivity contribution in [2.75, 3.05) is 6.54 Å². The van der Waals surface area contributed by atoms with Crippen LogP contribution in [0.4, 0.5) is 0 Å². The first-order chi connectivity index (χ1) is 11.7. The maximum Gasteiger partial charge on any atom is 0.226 e. The van der Waals surface area contributed by atoms with E-state index in [9.17, 15) is 9.90 Å². The monoisotopic (exact) mass is 326 g/mol. The van der Waals surface area contributed by atoms with Gasteiger partial charge < -0.3 is 14.6 Å². The van der Waals surface area contributed by atoms with Crippen molar-refractivity contribution in [3.05, 3.63) is 59.9 Å². The lowest BCUT2D eigenvalue weighted by Gasteiger charge is -2.31. The Kier molecular flexibility index (Phi) is 5.36. The van der Waals surface area contributed by atoms with Crippen LogP contribution >= 0.6 is 0 Å². The van der Waals surface area contributed by atoms with Crippen LogP contribution in [0.3, 0.4) is 0 Å². The van der Waals surface area contributed by atoms with Gasteiger partial charge in [-0.1, -0.05) is 43.2 Å². The summed E-state index contributed by atoms with van der Waals surface area (Å²) in [4.78, 5) is 14.9. The summed E-state index contributed by atoms with van der Waals surface area (Å²) in [5.74, 6) is 0.0412. The van der Waals surface area contributed by atoms with Gasteiger partial charge in [-0.3, -0.25) is 4.79 Å². The molecule has 0 radical (unpaired) electrons. The van der Waals surface area contributed by atoms with Gasteiger partial charge in [0.25, 0.3) is 0 Å². The number of hydrogen-bond donors (Lipinski definition) is 1. The molecule has 24 heavy (non-hydrogen) atoms. The number of amides is 1. The lowest BCUT2D eigenvalue weighted by molar-refractivity contribution is -0.136. The predicted molar refractivity (Wildman–Crippen MR) is 94.4 cm³/mol. The highest BCUT2D eigenvalue weighted by Gasteiger charge is 2.29. The molecule has 1 aromatic carbocycles. The Labute approximate surface area is 143 Å². The fraction of sp³-hybridized carbons (Fsp3) is 0.450. The van der Waals surface area contributed by atoms with Crippen LogP contribution in [0.15, 0.2) is 48.7 Å². The van der Waals surface area contributed by atoms with Crippen molar-refractivity contribution in [1.82, 2.24) is 9.47 Å². The molecule has 3 rings (SSSR count). The smallest absolute Gasteiger partial charge is 0.226 e. The summed E-state index contributed by atoms with van der Waals surface area (Å²) in [6.45, 7) is 0.774. The Morgan fingerprint density at radius 1 is 1.17 bits per heavy atom. The van der Waals surface area contributed by atoms with E-state index in [-0.39, 0.29) is 18.4 Å². The van der Waals surface area contributed by atoms with Crippen molar-refractivity contribution < 1.29 is 9.90 Å². The van der Waals surface area contributed by atoms with Gasteiger partial charge >= 0.3 is 0 Å². The van der Waals surface area contributed by atoms with Gasteiger partial charge in [-0.25, -0.2) is 0 Å². The average Bonchev–Trinajstić information content (AvgIpc) is 2.87. The van der Waals surface area contributed by atoms with Crippen molar-refractivity contribution in [1.29, 1.82) is 0 Å². The SMILES string of the molecule is Cn1cccc1C1CCCCCN1C(=O)CC(O)c1ccccc1. The third kappa shape index (κ3) is 3.70. The van der Waals surface area contributed by atoms with Crippen LogP contribution in [0.1, 0.15) is 55.5 Å². The van der Waals surface area contributed by atoms with E-state index >= 15 is 0 Å². The summed E-state index contributed by atoms with van der Waals surface area (Å²) in [7, 11) is 2.03. The Bertz CT molecular complexity index is 665. The van der Waals surface area contributed by atoms with Crippen molar-refractivity contribution in [2.24, 2.45) is 7.05 Å². The van der Waals surface area contributed by atoms with Gasteiger partial charge in [-0.15, -0.1) is 0 Å². The van der Waals surface area contributed by atoms with Gasteiger partial charge in [0.15, 0.2) is 0 Å². The lowest BCUT2D eigenvalue weighted by Crippen LogP contribution is -2.36. The molecule has 0 saturated carbocycles. The molecule has 4 nitrogen and oxygen atoms in total. The molecular formula is C20H26N2O2. The van der Waals surface area contributed by atoms with Crippen LogP contribution in [0, 0.1) is 0 Å². The summed E-state index contributed by atoms with van der Waals surface area (Å²) in [5.41, 5.74) is 1.98. The van der Waals surface area contributed by atoms with E-state index < -0.39 is 6.10 Å². The van der Waals surface area contributed by atoms with Crippen LogP contribution in [0.5, 0.6) is 0 Å². The molecule has 2 atom stereocenters. The molecule has 1 saturated heterocycles. The Balaban J connectivity index is 1.76. The maximum absolute atomic E-state index is 12.9. The van der Waals surface area contributed by atoms with Crippen LogP contribution < -0.4 is 0 Å². The molecule has 1 fully saturated rings. The van der Waals surface area contributed by atoms with E-state index in [4.69, 9.17) is 0 Å². The highest BCUT2D eigenvalue weighted by Crippen LogP contribution is 2.31. The minimum Gasteiger partial charge on any atom is -0.388 e. The first-order valence-electron chi connectivity index (χ1n) is 8.80. The number of aryl methyl sites for hydroxylation is 1. The zero-order chi connectivity index (χ0) is 16.9. The average molecular weight is 326 g/mol. The highest BCUT2D eigenvalue weighted by atomic mass is 16.3. The molecule has 1 aliphatic heterocycles. The second-order valence-electron chi connectivity index (χ2n) is 6.63. The van der Waals surface area contributed by atoms with E-state index in [0.29, 0.717) is 0 Å². The van der Waals surface area contributed by atoms with Gasteiger partial charge in [0, 0.05) is 25.5 Å². The predicted octanol–water partition coefficient (Wildman–Crippen LogP) is 3.59. The van der Waals surface area contributed by atoms with Crippen LogP contribution in [-0.4, -0.2) is 27.0 Å². The minimum atomic E-state index is -0.740. The van der Waals surface area contributed by atoms with Crippen molar-refractivity contribution in [3.63, 3.8) is 0 Å². The molecule has 1 aromatic heterocycles. The van der Waals surface area contributed by atoms with E-state index in [1.165, 1.54) is 5.69 Å². The van der Waals surface area contributed by atoms with E-state index in [0.717, 1.165) is 37.8 Å². The molecule has 0 spiro atoms. The molecule has 128 valence electrons. The molecule has 1 amide bonds. The number of aliphatic hydroxyl groups excluding tert-OH is 1. The third-order valence-electron chi connectivity index (χ3n) is 4.95. The molecule has 2 aromatic rings. The number of aromatic nitrogens is 1. The quantitative estimate of drug-likeness (QED) is 0.933. The van der Waals surface area contributed by atoms with E-state index in [1.54, 1.807) is 0 Å². The number of carbonyl (C=O) groups excluding carboxylic acids is 1. The number of benzene rings is 1. The van der Waals surface area contributed by atoms with Crippen LogP contribution in [0.25, 0.3) is 0 Å². The molecule has 2 unspecified atom stereocenters. The van der Waals surface area contributed by atoms with Gasteiger partial charge in [-0.2, -0.15) is 0 Å². The number of nitrogens with zero attached hydrogens (tertiary/aromatic N) is 2. The van der Waals surface area contributed by atoms with Crippen molar-refractivity contribution in [3.8, 4) is 0 Å². The summed E-state index contributed by atoms with van der Waals surface area (Å²) in [5, 5.41) is 10.4. The summed E-state index contributed by atoms with van der Waals surface area (Å²) >= 11 is 0. The summed E-state index contributed by atoms with van der Waals surface area (Å²) < 4.78 is 2.10. The molecule has 1 N–H and O–H groups in total. The normalized spacial score (nSPS) is 19.8. The molecule has 1 aliphatic rings. The Morgan fingerprint density at radius 3 is 2.67 bits per heavy atom. The first kappa shape index (κ1) is 16.8. The number of carbonyl (C=O) groups is 1. The molecule has 2 heterocycles. The Morgan fingerprint density at radius 2 is 1.96 bits per heavy atom. The molecule has 0 aliphatic carbocycles. The summed E-state index contributed by atoms with van der Waals surface area (Å²) in [6, 6.07) is 13.7. The number of likely N-dealkylation sites (tertiary alicyclic amines) is 1. The summed E-state index contributed by atoms with van der Waals surface area (Å²) in [6.07, 6.45) is 5.76. The topological polar surface area (TPSA) is 45.5 Å². The van der Waals surface area contributed by atoms with Crippen molar-refractivity contribution >= 4 is 5.91 Å². The largest absolute Gasteiger partial charge is 0.388 e.